The minimum Gasteiger partial charge on any atom is -0.497 e. The summed E-state index contributed by atoms with van der Waals surface area (Å²) in [5.41, 5.74) is 0. The Morgan fingerprint density at radius 2 is 0.917 bits per heavy atom. The van der Waals surface area contributed by atoms with Crippen molar-refractivity contribution >= 4 is 23.5 Å². The molecule has 3 aromatic carbocycles. The standard InChI is InChI=1S/C20H18O2S2/c1-21-15-7-11-17(12-8-15)23-19-5-3-4-6-20(19)24-18-13-9-16(22-2)10-14-18/h3-14H,1-2H3. The highest BCUT2D eigenvalue weighted by molar-refractivity contribution is 8.02. The Kier molecular flexibility index (Phi) is 5.72. The van der Waals surface area contributed by atoms with Gasteiger partial charge in [-0.15, -0.1) is 0 Å². The van der Waals surface area contributed by atoms with Crippen molar-refractivity contribution in [1.29, 1.82) is 0 Å². The highest BCUT2D eigenvalue weighted by Gasteiger charge is 2.06. The summed E-state index contributed by atoms with van der Waals surface area (Å²) in [7, 11) is 3.37. The molecule has 0 fully saturated rings. The molecular formula is C20H18O2S2. The molecular weight excluding hydrogens is 336 g/mol. The first kappa shape index (κ1) is 16.8. The van der Waals surface area contributed by atoms with E-state index in [4.69, 9.17) is 9.47 Å². The van der Waals surface area contributed by atoms with E-state index in [2.05, 4.69) is 48.5 Å². The Morgan fingerprint density at radius 3 is 1.25 bits per heavy atom. The predicted molar refractivity (Wildman–Crippen MR) is 101 cm³/mol. The molecule has 0 radical (unpaired) electrons. The average Bonchev–Trinajstić information content (AvgIpc) is 2.64. The van der Waals surface area contributed by atoms with E-state index in [1.54, 1.807) is 37.7 Å². The van der Waals surface area contributed by atoms with Crippen molar-refractivity contribution in [2.75, 3.05) is 14.2 Å². The van der Waals surface area contributed by atoms with Gasteiger partial charge in [0.15, 0.2) is 0 Å². The number of hydrogen-bond acceptors (Lipinski definition) is 4. The van der Waals surface area contributed by atoms with Crippen LogP contribution in [0.1, 0.15) is 0 Å². The smallest absolute Gasteiger partial charge is 0.118 e. The molecule has 0 heterocycles. The second-order valence-corrected chi connectivity index (χ2v) is 7.23. The summed E-state index contributed by atoms with van der Waals surface area (Å²) in [6, 6.07) is 24.7. The minimum atomic E-state index is 0.875. The molecule has 4 heteroatoms. The van der Waals surface area contributed by atoms with Gasteiger partial charge in [-0.25, -0.2) is 0 Å². The van der Waals surface area contributed by atoms with Crippen molar-refractivity contribution in [3.63, 3.8) is 0 Å². The largest absolute Gasteiger partial charge is 0.497 e. The van der Waals surface area contributed by atoms with Gasteiger partial charge in [-0.1, -0.05) is 35.7 Å². The first-order valence-electron chi connectivity index (χ1n) is 7.51. The number of ether oxygens (including phenoxy) is 2. The maximum atomic E-state index is 5.22. The maximum absolute atomic E-state index is 5.22. The third-order valence-corrected chi connectivity index (χ3v) is 5.72. The first-order valence-corrected chi connectivity index (χ1v) is 9.14. The van der Waals surface area contributed by atoms with Crippen LogP contribution in [0.4, 0.5) is 0 Å². The van der Waals surface area contributed by atoms with Gasteiger partial charge >= 0.3 is 0 Å². The van der Waals surface area contributed by atoms with Crippen LogP contribution in [0.2, 0.25) is 0 Å². The van der Waals surface area contributed by atoms with Gasteiger partial charge in [-0.05, 0) is 60.7 Å². The van der Waals surface area contributed by atoms with E-state index in [9.17, 15) is 0 Å². The number of benzene rings is 3. The van der Waals surface area contributed by atoms with E-state index in [-0.39, 0.29) is 0 Å². The summed E-state index contributed by atoms with van der Waals surface area (Å²) in [5, 5.41) is 0. The zero-order valence-electron chi connectivity index (χ0n) is 13.6. The van der Waals surface area contributed by atoms with Crippen molar-refractivity contribution in [1.82, 2.24) is 0 Å². The van der Waals surface area contributed by atoms with Crippen molar-refractivity contribution < 1.29 is 9.47 Å². The molecule has 0 aliphatic carbocycles. The van der Waals surface area contributed by atoms with Gasteiger partial charge in [0, 0.05) is 19.6 Å². The molecule has 0 spiro atoms. The Labute approximate surface area is 151 Å². The molecule has 2 nitrogen and oxygen atoms in total. The van der Waals surface area contributed by atoms with Crippen molar-refractivity contribution in [2.45, 2.75) is 19.6 Å². The van der Waals surface area contributed by atoms with Gasteiger partial charge in [-0.3, -0.25) is 0 Å². The van der Waals surface area contributed by atoms with Gasteiger partial charge in [0.1, 0.15) is 11.5 Å². The Bertz CT molecular complexity index is 715. The van der Waals surface area contributed by atoms with Crippen LogP contribution in [0.15, 0.2) is 92.4 Å². The lowest BCUT2D eigenvalue weighted by Gasteiger charge is -2.10. The molecule has 0 bridgehead atoms. The van der Waals surface area contributed by atoms with Crippen LogP contribution in [-0.4, -0.2) is 14.2 Å². The third kappa shape index (κ3) is 4.28. The lowest BCUT2D eigenvalue weighted by atomic mass is 10.3. The van der Waals surface area contributed by atoms with Gasteiger partial charge in [0.2, 0.25) is 0 Å². The third-order valence-electron chi connectivity index (χ3n) is 3.42. The molecule has 3 rings (SSSR count). The molecule has 0 saturated heterocycles. The molecule has 3 aromatic rings. The Morgan fingerprint density at radius 1 is 0.542 bits per heavy atom. The van der Waals surface area contributed by atoms with Gasteiger partial charge in [0.25, 0.3) is 0 Å². The molecule has 0 N–H and O–H groups in total. The van der Waals surface area contributed by atoms with Crippen molar-refractivity contribution in [2.24, 2.45) is 0 Å². The van der Waals surface area contributed by atoms with Crippen molar-refractivity contribution in [3.05, 3.63) is 72.8 Å². The molecule has 24 heavy (non-hydrogen) atoms. The zero-order chi connectivity index (χ0) is 16.8. The summed E-state index contributed by atoms with van der Waals surface area (Å²) in [4.78, 5) is 4.86. The van der Waals surface area contributed by atoms with Crippen LogP contribution in [0.3, 0.4) is 0 Å². The normalized spacial score (nSPS) is 10.4. The fourth-order valence-corrected chi connectivity index (χ4v) is 4.09. The van der Waals surface area contributed by atoms with Gasteiger partial charge < -0.3 is 9.47 Å². The molecule has 0 unspecified atom stereocenters. The minimum absolute atomic E-state index is 0.875. The van der Waals surface area contributed by atoms with E-state index in [0.29, 0.717) is 0 Å². The molecule has 0 aromatic heterocycles. The fourth-order valence-electron chi connectivity index (χ4n) is 2.16. The SMILES string of the molecule is COc1ccc(Sc2ccccc2Sc2ccc(OC)cc2)cc1. The molecule has 0 aliphatic heterocycles. The lowest BCUT2D eigenvalue weighted by Crippen LogP contribution is -1.83. The molecule has 122 valence electrons. The van der Waals surface area contributed by atoms with Crippen LogP contribution in [0.5, 0.6) is 11.5 Å². The maximum Gasteiger partial charge on any atom is 0.118 e. The Balaban J connectivity index is 1.78. The summed E-state index contributed by atoms with van der Waals surface area (Å²) < 4.78 is 10.4. The first-order chi connectivity index (χ1) is 11.8. The lowest BCUT2D eigenvalue weighted by molar-refractivity contribution is 0.414. The van der Waals surface area contributed by atoms with Gasteiger partial charge in [0.05, 0.1) is 14.2 Å². The van der Waals surface area contributed by atoms with Crippen LogP contribution in [0.25, 0.3) is 0 Å². The summed E-state index contributed by atoms with van der Waals surface area (Å²) in [6.45, 7) is 0. The predicted octanol–water partition coefficient (Wildman–Crippen LogP) is 6.01. The number of rotatable bonds is 6. The van der Waals surface area contributed by atoms with E-state index < -0.39 is 0 Å². The summed E-state index contributed by atoms with van der Waals surface area (Å²) in [6.07, 6.45) is 0. The zero-order valence-corrected chi connectivity index (χ0v) is 15.2. The topological polar surface area (TPSA) is 18.5 Å². The molecule has 0 saturated carbocycles. The van der Waals surface area contributed by atoms with Gasteiger partial charge in [-0.2, -0.15) is 0 Å². The second-order valence-electron chi connectivity index (χ2n) is 5.00. The number of hydrogen-bond donors (Lipinski definition) is 0. The monoisotopic (exact) mass is 354 g/mol. The van der Waals surface area contributed by atoms with E-state index >= 15 is 0 Å². The van der Waals surface area contributed by atoms with Crippen LogP contribution >= 0.6 is 23.5 Å². The second kappa shape index (κ2) is 8.18. The fraction of sp³-hybridized carbons (Fsp3) is 0.100. The summed E-state index contributed by atoms with van der Waals surface area (Å²) in [5.74, 6) is 1.75. The molecule has 0 aliphatic rings. The molecule has 0 atom stereocenters. The highest BCUT2D eigenvalue weighted by atomic mass is 32.2. The van der Waals surface area contributed by atoms with Crippen LogP contribution in [-0.2, 0) is 0 Å². The average molecular weight is 354 g/mol. The van der Waals surface area contributed by atoms with Crippen LogP contribution < -0.4 is 9.47 Å². The van der Waals surface area contributed by atoms with Crippen LogP contribution in [0, 0.1) is 0 Å². The molecule has 0 amide bonds. The van der Waals surface area contributed by atoms with E-state index in [1.165, 1.54) is 19.6 Å². The summed E-state index contributed by atoms with van der Waals surface area (Å²) >= 11 is 3.52. The highest BCUT2D eigenvalue weighted by Crippen LogP contribution is 2.39. The number of methoxy groups -OCH3 is 2. The van der Waals surface area contributed by atoms with E-state index in [1.807, 2.05) is 24.3 Å². The van der Waals surface area contributed by atoms with E-state index in [0.717, 1.165) is 11.5 Å². The Hall–Kier alpha value is -2.04. The quantitative estimate of drug-likeness (QED) is 0.539. The van der Waals surface area contributed by atoms with Crippen molar-refractivity contribution in [3.8, 4) is 11.5 Å².